The van der Waals surface area contributed by atoms with Crippen molar-refractivity contribution in [2.24, 2.45) is 0 Å². The average molecular weight is 390 g/mol. The molecule has 0 aliphatic heterocycles. The van der Waals surface area contributed by atoms with Crippen LogP contribution in [0.15, 0.2) is 53.1 Å². The molecule has 3 aromatic rings. The van der Waals surface area contributed by atoms with E-state index in [9.17, 15) is 4.79 Å². The number of carbonyl (C=O) groups is 1. The number of para-hydroxylation sites is 1. The number of rotatable bonds is 3. The minimum Gasteiger partial charge on any atom is -0.361 e. The highest BCUT2D eigenvalue weighted by molar-refractivity contribution is 9.10. The third-order valence-corrected chi connectivity index (χ3v) is 5.39. The van der Waals surface area contributed by atoms with Gasteiger partial charge < -0.3 is 10.3 Å². The Bertz CT molecular complexity index is 914. The molecule has 1 fully saturated rings. The highest BCUT2D eigenvalue weighted by atomic mass is 79.9. The first-order chi connectivity index (χ1) is 11.1. The fraction of sp³-hybridized carbons (Fsp3) is 0.167. The summed E-state index contributed by atoms with van der Waals surface area (Å²) in [7, 11) is 0. The molecule has 0 atom stereocenters. The van der Waals surface area contributed by atoms with Crippen LogP contribution < -0.4 is 5.32 Å². The molecule has 1 aliphatic rings. The molecule has 1 amide bonds. The molecule has 116 valence electrons. The van der Waals surface area contributed by atoms with E-state index in [2.05, 4.69) is 26.2 Å². The van der Waals surface area contributed by atoms with Crippen LogP contribution in [0.3, 0.4) is 0 Å². The Hall–Kier alpha value is -1.78. The predicted octanol–water partition coefficient (Wildman–Crippen LogP) is 5.25. The molecule has 0 saturated heterocycles. The molecular formula is C18H14BrClN2O. The lowest BCUT2D eigenvalue weighted by atomic mass is 9.94. The molecule has 2 aromatic carbocycles. The molecule has 3 nitrogen and oxygen atoms in total. The van der Waals surface area contributed by atoms with Crippen molar-refractivity contribution in [1.82, 2.24) is 4.98 Å². The van der Waals surface area contributed by atoms with Gasteiger partial charge in [-0.05, 0) is 64.7 Å². The second kappa shape index (κ2) is 5.39. The molecule has 0 bridgehead atoms. The molecule has 1 aromatic heterocycles. The van der Waals surface area contributed by atoms with Gasteiger partial charge in [-0.25, -0.2) is 0 Å². The average Bonchev–Trinajstić information content (AvgIpc) is 3.24. The van der Waals surface area contributed by atoms with Crippen LogP contribution in [-0.4, -0.2) is 10.9 Å². The summed E-state index contributed by atoms with van der Waals surface area (Å²) in [5, 5.41) is 4.75. The molecule has 4 rings (SSSR count). The van der Waals surface area contributed by atoms with E-state index in [-0.39, 0.29) is 5.91 Å². The van der Waals surface area contributed by atoms with Crippen LogP contribution in [0.25, 0.3) is 10.9 Å². The van der Waals surface area contributed by atoms with Gasteiger partial charge in [-0.2, -0.15) is 0 Å². The fourth-order valence-corrected chi connectivity index (χ4v) is 3.59. The number of H-pyrrole nitrogens is 1. The van der Waals surface area contributed by atoms with E-state index in [0.29, 0.717) is 5.02 Å². The Labute approximate surface area is 147 Å². The Kier molecular flexibility index (Phi) is 3.47. The number of aromatic nitrogens is 1. The zero-order valence-corrected chi connectivity index (χ0v) is 14.5. The van der Waals surface area contributed by atoms with Crippen molar-refractivity contribution in [3.8, 4) is 0 Å². The Balaban J connectivity index is 1.71. The summed E-state index contributed by atoms with van der Waals surface area (Å²) in [6, 6.07) is 13.4. The van der Waals surface area contributed by atoms with Crippen molar-refractivity contribution < 1.29 is 4.79 Å². The second-order valence-corrected chi connectivity index (χ2v) is 7.20. The van der Waals surface area contributed by atoms with Gasteiger partial charge in [0.05, 0.1) is 11.1 Å². The zero-order chi connectivity index (χ0) is 16.0. The largest absolute Gasteiger partial charge is 0.361 e. The maximum absolute atomic E-state index is 12.9. The summed E-state index contributed by atoms with van der Waals surface area (Å²) in [6.07, 6.45) is 3.64. The summed E-state index contributed by atoms with van der Waals surface area (Å²) in [5.41, 5.74) is 2.36. The molecule has 1 aliphatic carbocycles. The first kappa shape index (κ1) is 14.8. The summed E-state index contributed by atoms with van der Waals surface area (Å²) in [5.74, 6) is 0.0327. The number of hydrogen-bond donors (Lipinski definition) is 2. The molecule has 0 spiro atoms. The van der Waals surface area contributed by atoms with E-state index in [1.165, 1.54) is 0 Å². The van der Waals surface area contributed by atoms with Gasteiger partial charge >= 0.3 is 0 Å². The first-order valence-electron chi connectivity index (χ1n) is 7.43. The van der Waals surface area contributed by atoms with Crippen LogP contribution in [-0.2, 0) is 10.2 Å². The Morgan fingerprint density at radius 2 is 2.00 bits per heavy atom. The first-order valence-corrected chi connectivity index (χ1v) is 8.60. The fourth-order valence-electron chi connectivity index (χ4n) is 3.04. The van der Waals surface area contributed by atoms with Crippen LogP contribution in [0.2, 0.25) is 5.02 Å². The van der Waals surface area contributed by atoms with Crippen LogP contribution in [0, 0.1) is 0 Å². The van der Waals surface area contributed by atoms with E-state index < -0.39 is 5.41 Å². The Morgan fingerprint density at radius 1 is 1.22 bits per heavy atom. The number of fused-ring (bicyclic) bond motifs is 1. The molecular weight excluding hydrogens is 376 g/mol. The van der Waals surface area contributed by atoms with E-state index in [0.717, 1.165) is 39.5 Å². The molecule has 0 radical (unpaired) electrons. The minimum absolute atomic E-state index is 0.0327. The van der Waals surface area contributed by atoms with Crippen molar-refractivity contribution in [2.45, 2.75) is 18.3 Å². The number of benzene rings is 2. The van der Waals surface area contributed by atoms with Gasteiger partial charge in [0.2, 0.25) is 5.91 Å². The van der Waals surface area contributed by atoms with E-state index in [1.54, 1.807) is 0 Å². The standard InChI is InChI=1S/C18H14BrClN2O/c19-14-3-1-2-4-16(14)22-17(23)18(7-8-18)13-10-21-15-6-5-11(20)9-12(13)15/h1-6,9-10,21H,7-8H2,(H,22,23). The van der Waals surface area contributed by atoms with Gasteiger partial charge in [-0.1, -0.05) is 23.7 Å². The summed E-state index contributed by atoms with van der Waals surface area (Å²) >= 11 is 9.60. The molecule has 2 N–H and O–H groups in total. The third-order valence-electron chi connectivity index (χ3n) is 4.47. The summed E-state index contributed by atoms with van der Waals surface area (Å²) < 4.78 is 0.881. The predicted molar refractivity (Wildman–Crippen MR) is 97.0 cm³/mol. The smallest absolute Gasteiger partial charge is 0.235 e. The summed E-state index contributed by atoms with van der Waals surface area (Å²) in [6.45, 7) is 0. The highest BCUT2D eigenvalue weighted by Gasteiger charge is 2.52. The minimum atomic E-state index is -0.460. The molecule has 5 heteroatoms. The number of anilines is 1. The van der Waals surface area contributed by atoms with E-state index in [4.69, 9.17) is 11.6 Å². The lowest BCUT2D eigenvalue weighted by Gasteiger charge is -2.16. The number of nitrogens with one attached hydrogen (secondary N) is 2. The van der Waals surface area contributed by atoms with Crippen LogP contribution >= 0.6 is 27.5 Å². The van der Waals surface area contributed by atoms with Gasteiger partial charge in [0.1, 0.15) is 0 Å². The Morgan fingerprint density at radius 3 is 2.74 bits per heavy atom. The second-order valence-electron chi connectivity index (χ2n) is 5.91. The maximum Gasteiger partial charge on any atom is 0.235 e. The third kappa shape index (κ3) is 2.46. The van der Waals surface area contributed by atoms with Crippen LogP contribution in [0.4, 0.5) is 5.69 Å². The molecule has 1 saturated carbocycles. The molecule has 1 heterocycles. The van der Waals surface area contributed by atoms with Crippen molar-refractivity contribution in [3.05, 3.63) is 63.7 Å². The van der Waals surface area contributed by atoms with Gasteiger partial charge in [0.15, 0.2) is 0 Å². The number of hydrogen-bond acceptors (Lipinski definition) is 1. The normalized spacial score (nSPS) is 15.6. The monoisotopic (exact) mass is 388 g/mol. The lowest BCUT2D eigenvalue weighted by molar-refractivity contribution is -0.118. The van der Waals surface area contributed by atoms with Gasteiger partial charge in [-0.15, -0.1) is 0 Å². The van der Waals surface area contributed by atoms with Crippen molar-refractivity contribution >= 4 is 50.0 Å². The number of amides is 1. The highest BCUT2D eigenvalue weighted by Crippen LogP contribution is 2.51. The van der Waals surface area contributed by atoms with Crippen molar-refractivity contribution in [3.63, 3.8) is 0 Å². The topological polar surface area (TPSA) is 44.9 Å². The SMILES string of the molecule is O=C(Nc1ccccc1Br)C1(c2c[nH]c3ccc(Cl)cc23)CC1. The van der Waals surface area contributed by atoms with Crippen LogP contribution in [0.5, 0.6) is 0 Å². The van der Waals surface area contributed by atoms with E-state index in [1.807, 2.05) is 48.7 Å². The van der Waals surface area contributed by atoms with Crippen LogP contribution in [0.1, 0.15) is 18.4 Å². The van der Waals surface area contributed by atoms with Crippen molar-refractivity contribution in [2.75, 3.05) is 5.32 Å². The van der Waals surface area contributed by atoms with Gasteiger partial charge in [0, 0.05) is 26.6 Å². The number of aromatic amines is 1. The zero-order valence-electron chi connectivity index (χ0n) is 12.2. The van der Waals surface area contributed by atoms with E-state index >= 15 is 0 Å². The number of halogens is 2. The maximum atomic E-state index is 12.9. The van der Waals surface area contributed by atoms with Gasteiger partial charge in [-0.3, -0.25) is 4.79 Å². The lowest BCUT2D eigenvalue weighted by Crippen LogP contribution is -2.27. The van der Waals surface area contributed by atoms with Gasteiger partial charge in [0.25, 0.3) is 0 Å². The molecule has 0 unspecified atom stereocenters. The summed E-state index contributed by atoms with van der Waals surface area (Å²) in [4.78, 5) is 16.1. The quantitative estimate of drug-likeness (QED) is 0.631. The number of carbonyl (C=O) groups excluding carboxylic acids is 1. The molecule has 23 heavy (non-hydrogen) atoms. The van der Waals surface area contributed by atoms with Crippen molar-refractivity contribution in [1.29, 1.82) is 0 Å².